The number of rotatable bonds is 7. The number of benzene rings is 1. The van der Waals surface area contributed by atoms with Crippen LogP contribution in [0.3, 0.4) is 0 Å². The van der Waals surface area contributed by atoms with Crippen LogP contribution in [0.4, 0.5) is 5.82 Å². The topological polar surface area (TPSA) is 154 Å². The molecule has 0 unspecified atom stereocenters. The van der Waals surface area contributed by atoms with Crippen LogP contribution in [0.25, 0.3) is 32.2 Å². The van der Waals surface area contributed by atoms with Crippen LogP contribution in [-0.4, -0.2) is 61.5 Å². The number of carboxylic acids is 1. The van der Waals surface area contributed by atoms with E-state index in [0.717, 1.165) is 5.56 Å². The first kappa shape index (κ1) is 28.5. The number of pyridine rings is 2. The SMILES string of the molecule is Cc1cc(-c2cc(Cl)ccc2OCCn2c(C)nc3cnc(N4CC[C@@H](O)C4)c(C#N)c3c2=O)c2scc(C(=O)O)c2n1. The van der Waals surface area contributed by atoms with E-state index in [1.165, 1.54) is 22.1 Å². The minimum Gasteiger partial charge on any atom is -0.491 e. The molecule has 4 aromatic heterocycles. The van der Waals surface area contributed by atoms with E-state index in [2.05, 4.69) is 21.0 Å². The number of thiophene rings is 1. The summed E-state index contributed by atoms with van der Waals surface area (Å²) in [6.45, 7) is 4.61. The summed E-state index contributed by atoms with van der Waals surface area (Å²) < 4.78 is 8.36. The van der Waals surface area contributed by atoms with Crippen molar-refractivity contribution in [1.29, 1.82) is 5.26 Å². The monoisotopic (exact) mass is 616 g/mol. The molecule has 13 heteroatoms. The number of hydrogen-bond donors (Lipinski definition) is 2. The van der Waals surface area contributed by atoms with Crippen LogP contribution in [0, 0.1) is 25.2 Å². The number of ether oxygens (including phenoxy) is 1. The number of β-amino-alcohol motifs (C(OH)–C–C–N with tert-alkyl or cyclic N) is 1. The predicted molar refractivity (Wildman–Crippen MR) is 163 cm³/mol. The van der Waals surface area contributed by atoms with Crippen LogP contribution in [-0.2, 0) is 6.54 Å². The number of nitrogens with zero attached hydrogens (tertiary/aromatic N) is 6. The molecule has 5 heterocycles. The fourth-order valence-electron chi connectivity index (χ4n) is 5.43. The molecule has 1 atom stereocenters. The zero-order valence-electron chi connectivity index (χ0n) is 23.2. The van der Waals surface area contributed by atoms with E-state index in [-0.39, 0.29) is 35.2 Å². The molecule has 1 aliphatic rings. The Bertz CT molecular complexity index is 2030. The maximum atomic E-state index is 13.7. The minimum absolute atomic E-state index is 0.0960. The van der Waals surface area contributed by atoms with Crippen LogP contribution in [0.5, 0.6) is 5.75 Å². The van der Waals surface area contributed by atoms with Crippen molar-refractivity contribution in [3.05, 3.63) is 73.9 Å². The summed E-state index contributed by atoms with van der Waals surface area (Å²) in [6.07, 6.45) is 1.53. The Morgan fingerprint density at radius 2 is 2.07 bits per heavy atom. The standard InChI is InChI=1S/C30H25ClN6O5S/c1-15-9-20(27-26(34-15)22(14-43-27)30(40)41)19-10-17(31)3-4-24(19)42-8-7-37-16(2)35-23-12-33-28(36-6-5-18(38)13-36)21(11-32)25(23)29(37)39/h3-4,9-10,12,14,18,38H,5-8,13H2,1-2H3,(H,40,41)/t18-/m1/s1. The van der Waals surface area contributed by atoms with Gasteiger partial charge in [-0.1, -0.05) is 11.6 Å². The highest BCUT2D eigenvalue weighted by molar-refractivity contribution is 7.18. The first-order valence-corrected chi connectivity index (χ1v) is 14.7. The number of aliphatic hydroxyl groups excluding tert-OH is 1. The average Bonchev–Trinajstić information content (AvgIpc) is 3.60. The van der Waals surface area contributed by atoms with Gasteiger partial charge in [-0.2, -0.15) is 5.26 Å². The average molecular weight is 617 g/mol. The van der Waals surface area contributed by atoms with Gasteiger partial charge < -0.3 is 19.8 Å². The Morgan fingerprint density at radius 1 is 1.26 bits per heavy atom. The van der Waals surface area contributed by atoms with Crippen molar-refractivity contribution < 1.29 is 19.7 Å². The summed E-state index contributed by atoms with van der Waals surface area (Å²) in [6, 6.07) is 9.18. The normalized spacial score (nSPS) is 14.9. The second kappa shape index (κ2) is 11.3. The second-order valence-electron chi connectivity index (χ2n) is 10.3. The van der Waals surface area contributed by atoms with E-state index in [9.17, 15) is 25.1 Å². The number of fused-ring (bicyclic) bond motifs is 2. The number of aliphatic hydroxyl groups is 1. The molecule has 0 saturated carbocycles. The van der Waals surface area contributed by atoms with Crippen molar-refractivity contribution in [3.63, 3.8) is 0 Å². The van der Waals surface area contributed by atoms with Crippen LogP contribution >= 0.6 is 22.9 Å². The molecule has 43 heavy (non-hydrogen) atoms. The molecule has 1 fully saturated rings. The van der Waals surface area contributed by atoms with Gasteiger partial charge in [0.1, 0.15) is 35.6 Å². The van der Waals surface area contributed by atoms with E-state index >= 15 is 0 Å². The number of aromatic carboxylic acids is 1. The number of aryl methyl sites for hydroxylation is 2. The van der Waals surface area contributed by atoms with E-state index in [1.54, 1.807) is 37.4 Å². The fourth-order valence-corrected chi connectivity index (χ4v) is 6.61. The Morgan fingerprint density at radius 3 is 2.79 bits per heavy atom. The lowest BCUT2D eigenvalue weighted by Gasteiger charge is -2.19. The minimum atomic E-state index is -1.05. The summed E-state index contributed by atoms with van der Waals surface area (Å²) in [5, 5.41) is 31.8. The summed E-state index contributed by atoms with van der Waals surface area (Å²) in [5.41, 5.74) is 2.65. The molecule has 0 aliphatic carbocycles. The van der Waals surface area contributed by atoms with Gasteiger partial charge >= 0.3 is 5.97 Å². The smallest absolute Gasteiger partial charge is 0.338 e. The highest BCUT2D eigenvalue weighted by Gasteiger charge is 2.26. The van der Waals surface area contributed by atoms with Gasteiger partial charge in [-0.15, -0.1) is 11.3 Å². The number of carbonyl (C=O) groups is 1. The Hall–Kier alpha value is -4.57. The third kappa shape index (κ3) is 5.16. The molecule has 1 aromatic carbocycles. The summed E-state index contributed by atoms with van der Waals surface area (Å²) >= 11 is 7.65. The summed E-state index contributed by atoms with van der Waals surface area (Å²) in [4.78, 5) is 40.7. The maximum Gasteiger partial charge on any atom is 0.338 e. The molecular formula is C30H25ClN6O5S. The molecule has 5 aromatic rings. The largest absolute Gasteiger partial charge is 0.491 e. The van der Waals surface area contributed by atoms with Crippen molar-refractivity contribution in [2.75, 3.05) is 24.6 Å². The lowest BCUT2D eigenvalue weighted by atomic mass is 10.0. The molecule has 2 N–H and O–H groups in total. The number of anilines is 1. The van der Waals surface area contributed by atoms with Crippen molar-refractivity contribution in [3.8, 4) is 22.9 Å². The van der Waals surface area contributed by atoms with E-state index < -0.39 is 12.1 Å². The fraction of sp³-hybridized carbons (Fsp3) is 0.267. The van der Waals surface area contributed by atoms with Crippen LogP contribution < -0.4 is 15.2 Å². The lowest BCUT2D eigenvalue weighted by Crippen LogP contribution is -2.29. The van der Waals surface area contributed by atoms with Gasteiger partial charge in [0.25, 0.3) is 5.56 Å². The molecule has 6 rings (SSSR count). The molecule has 0 spiro atoms. The van der Waals surface area contributed by atoms with Gasteiger partial charge in [0.2, 0.25) is 0 Å². The van der Waals surface area contributed by atoms with Gasteiger partial charge in [-0.25, -0.2) is 14.8 Å². The molecule has 1 saturated heterocycles. The van der Waals surface area contributed by atoms with Crippen molar-refractivity contribution in [2.45, 2.75) is 32.9 Å². The molecule has 218 valence electrons. The lowest BCUT2D eigenvalue weighted by molar-refractivity contribution is 0.0699. The van der Waals surface area contributed by atoms with Gasteiger partial charge in [0, 0.05) is 40.3 Å². The van der Waals surface area contributed by atoms with Crippen molar-refractivity contribution in [2.24, 2.45) is 0 Å². The second-order valence-corrected chi connectivity index (χ2v) is 11.6. The maximum absolute atomic E-state index is 13.7. The highest BCUT2D eigenvalue weighted by atomic mass is 35.5. The van der Waals surface area contributed by atoms with Gasteiger partial charge in [-0.3, -0.25) is 14.3 Å². The Labute approximate surface area is 254 Å². The zero-order chi connectivity index (χ0) is 30.4. The van der Waals surface area contributed by atoms with Crippen molar-refractivity contribution >= 4 is 55.8 Å². The third-order valence-electron chi connectivity index (χ3n) is 7.43. The Balaban J connectivity index is 1.34. The van der Waals surface area contributed by atoms with E-state index in [0.29, 0.717) is 68.9 Å². The van der Waals surface area contributed by atoms with Crippen LogP contribution in [0.15, 0.2) is 40.6 Å². The number of aromatic nitrogens is 4. The van der Waals surface area contributed by atoms with Crippen LogP contribution in [0.2, 0.25) is 5.02 Å². The van der Waals surface area contributed by atoms with Gasteiger partial charge in [0.15, 0.2) is 0 Å². The molecule has 0 radical (unpaired) electrons. The van der Waals surface area contributed by atoms with E-state index in [4.69, 9.17) is 16.3 Å². The molecule has 0 bridgehead atoms. The zero-order valence-corrected chi connectivity index (χ0v) is 24.7. The molecular weight excluding hydrogens is 592 g/mol. The highest BCUT2D eigenvalue weighted by Crippen LogP contribution is 2.40. The van der Waals surface area contributed by atoms with Crippen molar-refractivity contribution in [1.82, 2.24) is 19.5 Å². The number of carboxylic acid groups (broad SMARTS) is 1. The number of nitriles is 1. The number of hydrogen-bond acceptors (Lipinski definition) is 10. The quantitative estimate of drug-likeness (QED) is 0.266. The Kier molecular flexibility index (Phi) is 7.47. The van der Waals surface area contributed by atoms with Gasteiger partial charge in [-0.05, 0) is 44.5 Å². The molecule has 0 amide bonds. The molecule has 1 aliphatic heterocycles. The summed E-state index contributed by atoms with van der Waals surface area (Å²) in [7, 11) is 0. The first-order valence-electron chi connectivity index (χ1n) is 13.4. The molecule has 11 nitrogen and oxygen atoms in total. The summed E-state index contributed by atoms with van der Waals surface area (Å²) in [5.74, 6) is 0.251. The number of halogens is 1. The van der Waals surface area contributed by atoms with E-state index in [1.807, 2.05) is 11.0 Å². The third-order valence-corrected chi connectivity index (χ3v) is 8.67. The van der Waals surface area contributed by atoms with Gasteiger partial charge in [0.05, 0.1) is 45.5 Å². The first-order chi connectivity index (χ1) is 20.7. The van der Waals surface area contributed by atoms with Crippen LogP contribution in [0.1, 0.15) is 33.9 Å². The predicted octanol–water partition coefficient (Wildman–Crippen LogP) is 4.56.